The molecule has 6 heteroatoms. The Morgan fingerprint density at radius 2 is 1.90 bits per heavy atom. The first-order valence-electron chi connectivity index (χ1n) is 6.39. The highest BCUT2D eigenvalue weighted by molar-refractivity contribution is 5.90. The second-order valence-electron chi connectivity index (χ2n) is 5.50. The Kier molecular flexibility index (Phi) is 5.56. The van der Waals surface area contributed by atoms with Crippen LogP contribution in [-0.2, 0) is 4.79 Å². The minimum Gasteiger partial charge on any atom is -0.330 e. The van der Waals surface area contributed by atoms with E-state index in [1.165, 1.54) is 0 Å². The molecule has 0 aliphatic carbocycles. The van der Waals surface area contributed by atoms with Gasteiger partial charge in [0.15, 0.2) is 11.6 Å². The lowest BCUT2D eigenvalue weighted by Crippen LogP contribution is -2.21. The van der Waals surface area contributed by atoms with Gasteiger partial charge < -0.3 is 11.1 Å². The van der Waals surface area contributed by atoms with Crippen molar-refractivity contribution in [3.05, 3.63) is 29.6 Å². The van der Waals surface area contributed by atoms with E-state index in [1.54, 1.807) is 0 Å². The highest BCUT2D eigenvalue weighted by Gasteiger charge is 2.19. The van der Waals surface area contributed by atoms with Crippen LogP contribution in [0.2, 0.25) is 0 Å². The zero-order valence-corrected chi connectivity index (χ0v) is 11.6. The summed E-state index contributed by atoms with van der Waals surface area (Å²) < 4.78 is 39.3. The summed E-state index contributed by atoms with van der Waals surface area (Å²) in [6, 6.07) is 1.18. The third kappa shape index (κ3) is 4.85. The summed E-state index contributed by atoms with van der Waals surface area (Å²) in [5.74, 6) is -4.02. The quantitative estimate of drug-likeness (QED) is 0.790. The molecule has 0 atom stereocenters. The van der Waals surface area contributed by atoms with Crippen LogP contribution in [0.4, 0.5) is 18.9 Å². The number of carbonyl (C=O) groups is 1. The van der Waals surface area contributed by atoms with Gasteiger partial charge in [0.1, 0.15) is 5.82 Å². The number of anilines is 1. The van der Waals surface area contributed by atoms with E-state index in [4.69, 9.17) is 5.73 Å². The highest BCUT2D eigenvalue weighted by Crippen LogP contribution is 2.26. The van der Waals surface area contributed by atoms with Gasteiger partial charge in [0.05, 0.1) is 5.69 Å². The van der Waals surface area contributed by atoms with Crippen molar-refractivity contribution < 1.29 is 18.0 Å². The third-order valence-corrected chi connectivity index (χ3v) is 3.12. The van der Waals surface area contributed by atoms with E-state index in [9.17, 15) is 18.0 Å². The molecule has 20 heavy (non-hydrogen) atoms. The molecule has 0 saturated heterocycles. The van der Waals surface area contributed by atoms with Crippen molar-refractivity contribution in [3.63, 3.8) is 0 Å². The van der Waals surface area contributed by atoms with Gasteiger partial charge in [0.25, 0.3) is 0 Å². The Labute approximate surface area is 116 Å². The summed E-state index contributed by atoms with van der Waals surface area (Å²) in [6.07, 6.45) is 1.43. The molecule has 0 unspecified atom stereocenters. The topological polar surface area (TPSA) is 55.1 Å². The molecule has 0 aromatic heterocycles. The number of rotatable bonds is 6. The predicted molar refractivity (Wildman–Crippen MR) is 71.6 cm³/mol. The fraction of sp³-hybridized carbons (Fsp3) is 0.500. The van der Waals surface area contributed by atoms with Crippen LogP contribution in [0.3, 0.4) is 0 Å². The normalized spacial score (nSPS) is 11.5. The van der Waals surface area contributed by atoms with Crippen molar-refractivity contribution in [3.8, 4) is 0 Å². The molecular formula is C14H19F3N2O. The third-order valence-electron chi connectivity index (χ3n) is 3.12. The van der Waals surface area contributed by atoms with Gasteiger partial charge in [-0.2, -0.15) is 0 Å². The Morgan fingerprint density at radius 1 is 1.25 bits per heavy atom. The van der Waals surface area contributed by atoms with Gasteiger partial charge in [0, 0.05) is 18.6 Å². The van der Waals surface area contributed by atoms with E-state index >= 15 is 0 Å². The van der Waals surface area contributed by atoms with E-state index in [1.807, 2.05) is 13.8 Å². The first kappa shape index (κ1) is 16.5. The first-order valence-corrected chi connectivity index (χ1v) is 6.39. The van der Waals surface area contributed by atoms with Crippen molar-refractivity contribution in [1.29, 1.82) is 0 Å². The molecule has 0 aliphatic rings. The van der Waals surface area contributed by atoms with Crippen molar-refractivity contribution in [1.82, 2.24) is 0 Å². The van der Waals surface area contributed by atoms with Gasteiger partial charge >= 0.3 is 0 Å². The van der Waals surface area contributed by atoms with E-state index in [2.05, 4.69) is 5.32 Å². The Balaban J connectivity index is 2.64. The number of carbonyl (C=O) groups excluding carboxylic acids is 1. The Hall–Kier alpha value is -1.56. The van der Waals surface area contributed by atoms with Crippen molar-refractivity contribution >= 4 is 11.6 Å². The van der Waals surface area contributed by atoms with Crippen molar-refractivity contribution in [2.75, 3.05) is 11.9 Å². The SMILES string of the molecule is CC(C)(CCN)CCC(=O)Nc1cc(F)cc(F)c1F. The number of nitrogens with one attached hydrogen (secondary N) is 1. The molecule has 3 nitrogen and oxygen atoms in total. The molecule has 0 heterocycles. The first-order chi connectivity index (χ1) is 9.25. The monoisotopic (exact) mass is 288 g/mol. The van der Waals surface area contributed by atoms with Gasteiger partial charge in [-0.25, -0.2) is 13.2 Å². The molecule has 1 amide bonds. The van der Waals surface area contributed by atoms with E-state index in [0.717, 1.165) is 12.5 Å². The molecule has 1 rings (SSSR count). The van der Waals surface area contributed by atoms with E-state index in [-0.39, 0.29) is 11.8 Å². The van der Waals surface area contributed by atoms with Crippen LogP contribution in [-0.4, -0.2) is 12.5 Å². The lowest BCUT2D eigenvalue weighted by molar-refractivity contribution is -0.116. The summed E-state index contributed by atoms with van der Waals surface area (Å²) in [6.45, 7) is 4.45. The molecule has 0 fully saturated rings. The number of benzene rings is 1. The molecule has 3 N–H and O–H groups in total. The summed E-state index contributed by atoms with van der Waals surface area (Å²) in [5.41, 5.74) is 4.87. The van der Waals surface area contributed by atoms with Crippen LogP contribution in [0.15, 0.2) is 12.1 Å². The van der Waals surface area contributed by atoms with Crippen LogP contribution in [0.1, 0.15) is 33.1 Å². The van der Waals surface area contributed by atoms with E-state index in [0.29, 0.717) is 19.0 Å². The standard InChI is InChI=1S/C14H19F3N2O/c1-14(2,5-6-18)4-3-12(20)19-11-8-9(15)7-10(16)13(11)17/h7-8H,3-6,18H2,1-2H3,(H,19,20). The Morgan fingerprint density at radius 3 is 2.50 bits per heavy atom. The zero-order chi connectivity index (χ0) is 15.3. The molecule has 0 spiro atoms. The second kappa shape index (κ2) is 6.74. The van der Waals surface area contributed by atoms with Crippen LogP contribution in [0, 0.1) is 22.9 Å². The van der Waals surface area contributed by atoms with Crippen LogP contribution >= 0.6 is 0 Å². The minimum absolute atomic E-state index is 0.113. The molecule has 1 aromatic rings. The number of halogens is 3. The van der Waals surface area contributed by atoms with Gasteiger partial charge in [-0.15, -0.1) is 0 Å². The maximum atomic E-state index is 13.4. The maximum absolute atomic E-state index is 13.4. The average molecular weight is 288 g/mol. The average Bonchev–Trinajstić information content (AvgIpc) is 2.33. The van der Waals surface area contributed by atoms with Gasteiger partial charge in [-0.3, -0.25) is 4.79 Å². The van der Waals surface area contributed by atoms with E-state index < -0.39 is 29.0 Å². The fourth-order valence-corrected chi connectivity index (χ4v) is 1.83. The molecular weight excluding hydrogens is 269 g/mol. The predicted octanol–water partition coefficient (Wildman–Crippen LogP) is 3.20. The smallest absolute Gasteiger partial charge is 0.224 e. The molecule has 0 radical (unpaired) electrons. The number of amides is 1. The Bertz CT molecular complexity index is 490. The molecule has 0 saturated carbocycles. The number of nitrogens with two attached hydrogens (primary N) is 1. The van der Waals surface area contributed by atoms with Gasteiger partial charge in [-0.05, 0) is 24.8 Å². The molecule has 112 valence electrons. The highest BCUT2D eigenvalue weighted by atomic mass is 19.2. The van der Waals surface area contributed by atoms with Crippen LogP contribution in [0.5, 0.6) is 0 Å². The zero-order valence-electron chi connectivity index (χ0n) is 11.6. The molecule has 0 aliphatic heterocycles. The van der Waals surface area contributed by atoms with Gasteiger partial charge in [0.2, 0.25) is 5.91 Å². The van der Waals surface area contributed by atoms with Crippen molar-refractivity contribution in [2.24, 2.45) is 11.1 Å². The van der Waals surface area contributed by atoms with Crippen LogP contribution in [0.25, 0.3) is 0 Å². The van der Waals surface area contributed by atoms with Crippen molar-refractivity contribution in [2.45, 2.75) is 33.1 Å². The largest absolute Gasteiger partial charge is 0.330 e. The lowest BCUT2D eigenvalue weighted by atomic mass is 9.84. The minimum atomic E-state index is -1.33. The summed E-state index contributed by atoms with van der Waals surface area (Å²) in [7, 11) is 0. The fourth-order valence-electron chi connectivity index (χ4n) is 1.83. The summed E-state index contributed by atoms with van der Waals surface area (Å²) >= 11 is 0. The maximum Gasteiger partial charge on any atom is 0.224 e. The van der Waals surface area contributed by atoms with Gasteiger partial charge in [-0.1, -0.05) is 13.8 Å². The number of hydrogen-bond donors (Lipinski definition) is 2. The second-order valence-corrected chi connectivity index (χ2v) is 5.50. The van der Waals surface area contributed by atoms with Crippen LogP contribution < -0.4 is 11.1 Å². The summed E-state index contributed by atoms with van der Waals surface area (Å²) in [4.78, 5) is 11.7. The molecule has 0 bridgehead atoms. The number of hydrogen-bond acceptors (Lipinski definition) is 2. The lowest BCUT2D eigenvalue weighted by Gasteiger charge is -2.23. The molecule has 1 aromatic carbocycles. The summed E-state index contributed by atoms with van der Waals surface area (Å²) in [5, 5.41) is 2.18.